The molecule has 5 nitrogen and oxygen atoms in total. The minimum atomic E-state index is 0.193. The molecule has 6 heteroatoms. The molecule has 3 aromatic rings. The van der Waals surface area contributed by atoms with Crippen molar-refractivity contribution in [3.8, 4) is 0 Å². The first kappa shape index (κ1) is 11.9. The van der Waals surface area contributed by atoms with E-state index in [0.29, 0.717) is 10.6 Å². The number of nitrogens with zero attached hydrogens (tertiary/aromatic N) is 3. The summed E-state index contributed by atoms with van der Waals surface area (Å²) < 4.78 is 5.92. The summed E-state index contributed by atoms with van der Waals surface area (Å²) >= 11 is 6.05. The molecular formula is C14H13ClN4O. The number of hydrogen-bond acceptors (Lipinski definition) is 5. The van der Waals surface area contributed by atoms with Gasteiger partial charge in [-0.2, -0.15) is 0 Å². The van der Waals surface area contributed by atoms with E-state index in [2.05, 4.69) is 14.9 Å². The molecule has 2 N–H and O–H groups in total. The average Bonchev–Trinajstić information content (AvgIpc) is 3.02. The van der Waals surface area contributed by atoms with Crippen LogP contribution in [-0.2, 0) is 0 Å². The molecule has 0 aliphatic carbocycles. The smallest absolute Gasteiger partial charge is 0.196 e. The number of benzene rings is 1. The highest BCUT2D eigenvalue weighted by atomic mass is 35.5. The lowest BCUT2D eigenvalue weighted by atomic mass is 10.2. The molecule has 0 amide bonds. The van der Waals surface area contributed by atoms with Gasteiger partial charge in [0.25, 0.3) is 0 Å². The largest absolute Gasteiger partial charge is 0.450 e. The molecule has 20 heavy (non-hydrogen) atoms. The molecule has 1 aliphatic rings. The first-order valence-corrected chi connectivity index (χ1v) is 6.93. The van der Waals surface area contributed by atoms with Crippen LogP contribution >= 0.6 is 11.6 Å². The van der Waals surface area contributed by atoms with Gasteiger partial charge in [-0.15, -0.1) is 0 Å². The Kier molecular flexibility index (Phi) is 2.58. The molecule has 2 aromatic heterocycles. The minimum Gasteiger partial charge on any atom is -0.450 e. The third kappa shape index (κ3) is 1.74. The third-order valence-electron chi connectivity index (χ3n) is 3.72. The molecule has 0 saturated carbocycles. The molecule has 0 unspecified atom stereocenters. The molecular weight excluding hydrogens is 276 g/mol. The maximum atomic E-state index is 6.05. The van der Waals surface area contributed by atoms with E-state index in [1.165, 1.54) is 0 Å². The van der Waals surface area contributed by atoms with Gasteiger partial charge in [0.1, 0.15) is 17.4 Å². The van der Waals surface area contributed by atoms with Gasteiger partial charge >= 0.3 is 0 Å². The van der Waals surface area contributed by atoms with Crippen molar-refractivity contribution in [1.29, 1.82) is 0 Å². The van der Waals surface area contributed by atoms with Crippen molar-refractivity contribution < 1.29 is 4.42 Å². The zero-order valence-corrected chi connectivity index (χ0v) is 11.5. The summed E-state index contributed by atoms with van der Waals surface area (Å²) in [7, 11) is 0. The highest BCUT2D eigenvalue weighted by Crippen LogP contribution is 2.34. The second-order valence-corrected chi connectivity index (χ2v) is 5.55. The molecule has 0 radical (unpaired) electrons. The summed E-state index contributed by atoms with van der Waals surface area (Å²) in [5, 5.41) is 1.59. The van der Waals surface area contributed by atoms with Crippen LogP contribution in [0, 0.1) is 0 Å². The van der Waals surface area contributed by atoms with Crippen LogP contribution in [0.1, 0.15) is 6.42 Å². The van der Waals surface area contributed by atoms with Crippen LogP contribution in [0.5, 0.6) is 0 Å². The van der Waals surface area contributed by atoms with Gasteiger partial charge in [0.2, 0.25) is 0 Å². The zero-order chi connectivity index (χ0) is 13.7. The molecule has 1 saturated heterocycles. The van der Waals surface area contributed by atoms with Crippen molar-refractivity contribution in [2.45, 2.75) is 12.5 Å². The SMILES string of the molecule is N[C@@H]1CCN(c2ncnc3c2oc2ccc(Cl)cc23)C1. The predicted octanol–water partition coefficient (Wildman–Crippen LogP) is 2.57. The molecule has 0 bridgehead atoms. The molecule has 1 atom stereocenters. The first-order chi connectivity index (χ1) is 9.72. The van der Waals surface area contributed by atoms with Crippen molar-refractivity contribution in [3.63, 3.8) is 0 Å². The van der Waals surface area contributed by atoms with Gasteiger partial charge in [0.15, 0.2) is 11.4 Å². The van der Waals surface area contributed by atoms with Gasteiger partial charge in [0.05, 0.1) is 0 Å². The molecule has 102 valence electrons. The molecule has 1 fully saturated rings. The van der Waals surface area contributed by atoms with Crippen LogP contribution in [0.3, 0.4) is 0 Å². The van der Waals surface area contributed by atoms with E-state index >= 15 is 0 Å². The van der Waals surface area contributed by atoms with Gasteiger partial charge in [-0.25, -0.2) is 9.97 Å². The Morgan fingerprint density at radius 1 is 1.35 bits per heavy atom. The van der Waals surface area contributed by atoms with Crippen LogP contribution in [0.2, 0.25) is 5.02 Å². The summed E-state index contributed by atoms with van der Waals surface area (Å²) in [6.45, 7) is 1.69. The van der Waals surface area contributed by atoms with Gasteiger partial charge < -0.3 is 15.1 Å². The van der Waals surface area contributed by atoms with Gasteiger partial charge in [-0.05, 0) is 24.6 Å². The van der Waals surface area contributed by atoms with Crippen LogP contribution in [-0.4, -0.2) is 29.1 Å². The van der Waals surface area contributed by atoms with E-state index in [1.54, 1.807) is 6.33 Å². The van der Waals surface area contributed by atoms with Gasteiger partial charge in [0, 0.05) is 29.5 Å². The lowest BCUT2D eigenvalue weighted by molar-refractivity contribution is 0.662. The predicted molar refractivity (Wildman–Crippen MR) is 79.1 cm³/mol. The van der Waals surface area contributed by atoms with Crippen molar-refractivity contribution in [2.24, 2.45) is 5.73 Å². The molecule has 1 aliphatic heterocycles. The fourth-order valence-electron chi connectivity index (χ4n) is 2.74. The van der Waals surface area contributed by atoms with E-state index in [9.17, 15) is 0 Å². The lowest BCUT2D eigenvalue weighted by Crippen LogP contribution is -2.26. The van der Waals surface area contributed by atoms with Crippen molar-refractivity contribution in [3.05, 3.63) is 29.5 Å². The highest BCUT2D eigenvalue weighted by molar-refractivity contribution is 6.31. The van der Waals surface area contributed by atoms with E-state index in [1.807, 2.05) is 18.2 Å². The zero-order valence-electron chi connectivity index (χ0n) is 10.7. The van der Waals surface area contributed by atoms with E-state index in [4.69, 9.17) is 21.8 Å². The fourth-order valence-corrected chi connectivity index (χ4v) is 2.91. The normalized spacial score (nSPS) is 19.3. The lowest BCUT2D eigenvalue weighted by Gasteiger charge is -2.16. The maximum Gasteiger partial charge on any atom is 0.196 e. The minimum absolute atomic E-state index is 0.193. The Balaban J connectivity index is 1.96. The summed E-state index contributed by atoms with van der Waals surface area (Å²) in [5.74, 6) is 0.815. The summed E-state index contributed by atoms with van der Waals surface area (Å²) in [5.41, 5.74) is 8.25. The summed E-state index contributed by atoms with van der Waals surface area (Å²) in [6.07, 6.45) is 2.54. The number of aromatic nitrogens is 2. The van der Waals surface area contributed by atoms with Crippen molar-refractivity contribution in [1.82, 2.24) is 9.97 Å². The molecule has 4 rings (SSSR count). The number of furan rings is 1. The maximum absolute atomic E-state index is 6.05. The number of fused-ring (bicyclic) bond motifs is 3. The quantitative estimate of drug-likeness (QED) is 0.745. The first-order valence-electron chi connectivity index (χ1n) is 6.55. The Bertz CT molecular complexity index is 800. The Labute approximate surface area is 120 Å². The number of anilines is 1. The number of rotatable bonds is 1. The van der Waals surface area contributed by atoms with Gasteiger partial charge in [-0.3, -0.25) is 0 Å². The van der Waals surface area contributed by atoms with Crippen LogP contribution in [0.15, 0.2) is 28.9 Å². The topological polar surface area (TPSA) is 68.2 Å². The third-order valence-corrected chi connectivity index (χ3v) is 3.95. The fraction of sp³-hybridized carbons (Fsp3) is 0.286. The molecule has 1 aromatic carbocycles. The van der Waals surface area contributed by atoms with Crippen LogP contribution < -0.4 is 10.6 Å². The summed E-state index contributed by atoms with van der Waals surface area (Å²) in [4.78, 5) is 10.9. The number of nitrogens with two attached hydrogens (primary N) is 1. The van der Waals surface area contributed by atoms with Crippen molar-refractivity contribution in [2.75, 3.05) is 18.0 Å². The standard InChI is InChI=1S/C14H13ClN4O/c15-8-1-2-11-10(5-8)12-13(20-11)14(18-7-17-12)19-4-3-9(16)6-19/h1-2,5,7,9H,3-4,6,16H2/t9-/m1/s1. The average molecular weight is 289 g/mol. The van der Waals surface area contributed by atoms with Gasteiger partial charge in [-0.1, -0.05) is 11.6 Å². The molecule has 0 spiro atoms. The monoisotopic (exact) mass is 288 g/mol. The van der Waals surface area contributed by atoms with E-state index < -0.39 is 0 Å². The second-order valence-electron chi connectivity index (χ2n) is 5.11. The highest BCUT2D eigenvalue weighted by Gasteiger charge is 2.24. The van der Waals surface area contributed by atoms with E-state index in [0.717, 1.165) is 41.8 Å². The molecule has 3 heterocycles. The second kappa shape index (κ2) is 4.33. The Morgan fingerprint density at radius 3 is 3.05 bits per heavy atom. The van der Waals surface area contributed by atoms with Crippen LogP contribution in [0.25, 0.3) is 22.1 Å². The Morgan fingerprint density at radius 2 is 2.25 bits per heavy atom. The summed E-state index contributed by atoms with van der Waals surface area (Å²) in [6, 6.07) is 5.73. The Hall–Kier alpha value is -1.85. The van der Waals surface area contributed by atoms with E-state index in [-0.39, 0.29) is 6.04 Å². The number of halogens is 1. The van der Waals surface area contributed by atoms with Crippen LogP contribution in [0.4, 0.5) is 5.82 Å². The number of hydrogen-bond donors (Lipinski definition) is 1. The van der Waals surface area contributed by atoms with Crippen molar-refractivity contribution >= 4 is 39.5 Å².